The second-order valence-corrected chi connectivity index (χ2v) is 9.83. The monoisotopic (exact) mass is 526 g/mol. The van der Waals surface area contributed by atoms with E-state index < -0.39 is 89.7 Å². The fraction of sp³-hybridized carbons (Fsp3) is 0.692. The lowest BCUT2D eigenvalue weighted by molar-refractivity contribution is -0.152. The van der Waals surface area contributed by atoms with Crippen molar-refractivity contribution < 1.29 is 54.6 Å². The van der Waals surface area contributed by atoms with Crippen LogP contribution in [0.15, 0.2) is 22.3 Å². The maximum absolute atomic E-state index is 12.6. The number of carbonyl (C=O) groups excluding carboxylic acids is 2. The third-order valence-corrected chi connectivity index (χ3v) is 7.19. The number of ether oxygens (including phenoxy) is 1. The zero-order valence-electron chi connectivity index (χ0n) is 21.3. The number of hydrogen-bond donors (Lipinski definition) is 6. The molecule has 0 unspecified atom stereocenters. The molecule has 11 nitrogen and oxygen atoms in total. The second-order valence-electron chi connectivity index (χ2n) is 9.83. The van der Waals surface area contributed by atoms with Crippen molar-refractivity contribution in [1.82, 2.24) is 0 Å². The van der Waals surface area contributed by atoms with Crippen LogP contribution in [-0.4, -0.2) is 78.9 Å². The summed E-state index contributed by atoms with van der Waals surface area (Å²) >= 11 is 0. The first kappa shape index (κ1) is 30.6. The number of esters is 2. The number of aliphatic hydroxyl groups is 4. The first-order chi connectivity index (χ1) is 17.5. The fourth-order valence-corrected chi connectivity index (χ4v) is 5.15. The van der Waals surface area contributed by atoms with Gasteiger partial charge in [-0.3, -0.25) is 0 Å². The lowest BCUT2D eigenvalue weighted by Gasteiger charge is -2.30. The van der Waals surface area contributed by atoms with E-state index >= 15 is 0 Å². The fourth-order valence-electron chi connectivity index (χ4n) is 5.15. The number of unbranched alkanes of at least 4 members (excludes halogenated alkanes) is 4. The Balaban J connectivity index is 2.69. The third-order valence-electron chi connectivity index (χ3n) is 7.19. The molecule has 0 saturated carbocycles. The largest absolute Gasteiger partial charge is 0.478 e. The van der Waals surface area contributed by atoms with Crippen LogP contribution in [0.4, 0.5) is 0 Å². The van der Waals surface area contributed by atoms with Crippen molar-refractivity contribution in [2.24, 2.45) is 11.8 Å². The smallest absolute Gasteiger partial charge is 0.345 e. The number of carboxylic acids is 2. The molecule has 0 fully saturated rings. The summed E-state index contributed by atoms with van der Waals surface area (Å²) in [6.45, 7) is 3.85. The number of aliphatic hydroxyl groups excluding tert-OH is 4. The van der Waals surface area contributed by atoms with Crippen molar-refractivity contribution in [2.75, 3.05) is 0 Å². The zero-order chi connectivity index (χ0) is 27.9. The van der Waals surface area contributed by atoms with Crippen LogP contribution in [-0.2, 0) is 23.9 Å². The SMILES string of the molecule is CCCCCC[C@H](O)[C@@H]1/C(C(=O)O)=C(/C(=O)O)C[C@H]([C@@H](O)[C@H](O)CCCC)CC2=C(C(=O)OC2=O)[C@H]1O. The second kappa shape index (κ2) is 13.8. The summed E-state index contributed by atoms with van der Waals surface area (Å²) in [7, 11) is 0. The maximum atomic E-state index is 12.6. The van der Waals surface area contributed by atoms with Gasteiger partial charge in [-0.1, -0.05) is 52.4 Å². The van der Waals surface area contributed by atoms with Gasteiger partial charge in [0.2, 0.25) is 0 Å². The standard InChI is InChI=1S/C26H38O11/c1-3-5-7-8-10-16(27)20-18(24(33)34)14(23(31)32)11-13(21(29)17(28)9-6-4-2)12-15-19(22(20)30)26(36)37-25(15)35/h13,16-17,20-22,27-30H,3-12H2,1-2H3,(H,31,32)(H,33,34)/b18-14-/t13-,16-,17+,20+,21+,22+/m0/s1. The Labute approximate surface area is 215 Å². The van der Waals surface area contributed by atoms with Gasteiger partial charge in [0.15, 0.2) is 0 Å². The molecule has 0 aromatic rings. The highest BCUT2D eigenvalue weighted by atomic mass is 16.6. The number of rotatable bonds is 13. The van der Waals surface area contributed by atoms with Gasteiger partial charge in [-0.2, -0.15) is 0 Å². The van der Waals surface area contributed by atoms with Crippen LogP contribution >= 0.6 is 0 Å². The molecule has 6 atom stereocenters. The Hall–Kier alpha value is -2.60. The molecule has 0 amide bonds. The van der Waals surface area contributed by atoms with E-state index in [1.165, 1.54) is 0 Å². The molecule has 0 bridgehead atoms. The summed E-state index contributed by atoms with van der Waals surface area (Å²) in [6, 6.07) is 0. The van der Waals surface area contributed by atoms with Crippen molar-refractivity contribution in [3.8, 4) is 0 Å². The number of cyclic esters (lactones) is 2. The molecule has 0 aromatic heterocycles. The molecule has 0 spiro atoms. The molecule has 2 rings (SSSR count). The molecule has 1 aliphatic carbocycles. The van der Waals surface area contributed by atoms with E-state index in [2.05, 4.69) is 4.74 Å². The van der Waals surface area contributed by atoms with Crippen LogP contribution in [0, 0.1) is 11.8 Å². The third kappa shape index (κ3) is 7.25. The maximum Gasteiger partial charge on any atom is 0.345 e. The number of carbonyl (C=O) groups is 4. The first-order valence-corrected chi connectivity index (χ1v) is 12.9. The van der Waals surface area contributed by atoms with Crippen molar-refractivity contribution in [3.05, 3.63) is 22.3 Å². The van der Waals surface area contributed by atoms with Gasteiger partial charge in [0.25, 0.3) is 0 Å². The van der Waals surface area contributed by atoms with Crippen molar-refractivity contribution in [2.45, 2.75) is 102 Å². The average Bonchev–Trinajstić information content (AvgIpc) is 3.14. The van der Waals surface area contributed by atoms with Gasteiger partial charge in [0.1, 0.15) is 0 Å². The molecule has 0 aromatic carbocycles. The molecule has 1 aliphatic heterocycles. The van der Waals surface area contributed by atoms with Gasteiger partial charge in [-0.05, 0) is 31.6 Å². The highest BCUT2D eigenvalue weighted by Gasteiger charge is 2.48. The summed E-state index contributed by atoms with van der Waals surface area (Å²) in [5.74, 6) is -8.65. The minimum atomic E-state index is -2.04. The van der Waals surface area contributed by atoms with Gasteiger partial charge in [0, 0.05) is 11.5 Å². The van der Waals surface area contributed by atoms with Crippen molar-refractivity contribution >= 4 is 23.9 Å². The van der Waals surface area contributed by atoms with E-state index in [4.69, 9.17) is 0 Å². The molecule has 6 N–H and O–H groups in total. The van der Waals surface area contributed by atoms with Gasteiger partial charge < -0.3 is 35.4 Å². The average molecular weight is 527 g/mol. The molecular formula is C26H38O11. The Morgan fingerprint density at radius 1 is 0.892 bits per heavy atom. The van der Waals surface area contributed by atoms with Crippen molar-refractivity contribution in [3.63, 3.8) is 0 Å². The Kier molecular flexibility index (Phi) is 11.4. The lowest BCUT2D eigenvalue weighted by atomic mass is 9.79. The number of hydrogen-bond acceptors (Lipinski definition) is 9. The van der Waals surface area contributed by atoms with E-state index in [-0.39, 0.29) is 18.4 Å². The predicted molar refractivity (Wildman–Crippen MR) is 129 cm³/mol. The van der Waals surface area contributed by atoms with E-state index in [1.54, 1.807) is 0 Å². The van der Waals surface area contributed by atoms with Crippen LogP contribution < -0.4 is 0 Å². The van der Waals surface area contributed by atoms with Gasteiger partial charge in [-0.15, -0.1) is 0 Å². The zero-order valence-corrected chi connectivity index (χ0v) is 21.3. The molecule has 0 radical (unpaired) electrons. The van der Waals surface area contributed by atoms with E-state index in [0.29, 0.717) is 25.7 Å². The van der Waals surface area contributed by atoms with Crippen molar-refractivity contribution in [1.29, 1.82) is 0 Å². The molecule has 2 aliphatic rings. The Morgan fingerprint density at radius 3 is 2.11 bits per heavy atom. The van der Waals surface area contributed by atoms with Crippen LogP contribution in [0.25, 0.3) is 0 Å². The van der Waals surface area contributed by atoms with Gasteiger partial charge in [0.05, 0.1) is 41.1 Å². The minimum absolute atomic E-state index is 0.0127. The van der Waals surface area contributed by atoms with Gasteiger partial charge in [-0.25, -0.2) is 19.2 Å². The Bertz CT molecular complexity index is 935. The molecule has 0 saturated heterocycles. The van der Waals surface area contributed by atoms with Crippen LogP contribution in [0.3, 0.4) is 0 Å². The van der Waals surface area contributed by atoms with Crippen LogP contribution in [0.5, 0.6) is 0 Å². The number of aliphatic carboxylic acids is 2. The first-order valence-electron chi connectivity index (χ1n) is 12.9. The molecular weight excluding hydrogens is 488 g/mol. The van der Waals surface area contributed by atoms with Crippen LogP contribution in [0.1, 0.15) is 78.1 Å². The Morgan fingerprint density at radius 2 is 1.54 bits per heavy atom. The normalized spacial score (nSPS) is 27.0. The molecule has 208 valence electrons. The summed E-state index contributed by atoms with van der Waals surface area (Å²) in [5, 5.41) is 63.7. The summed E-state index contributed by atoms with van der Waals surface area (Å²) in [4.78, 5) is 49.8. The molecule has 1 heterocycles. The van der Waals surface area contributed by atoms with Gasteiger partial charge >= 0.3 is 23.9 Å². The number of carboxylic acid groups (broad SMARTS) is 2. The highest BCUT2D eigenvalue weighted by molar-refractivity contribution is 6.13. The van der Waals surface area contributed by atoms with E-state index in [9.17, 15) is 49.8 Å². The molecule has 11 heteroatoms. The topological polar surface area (TPSA) is 199 Å². The molecule has 37 heavy (non-hydrogen) atoms. The van der Waals surface area contributed by atoms with E-state index in [1.807, 2.05) is 13.8 Å². The highest BCUT2D eigenvalue weighted by Crippen LogP contribution is 2.40. The predicted octanol–water partition coefficient (Wildman–Crippen LogP) is 1.46. The summed E-state index contributed by atoms with van der Waals surface area (Å²) < 4.78 is 4.68. The summed E-state index contributed by atoms with van der Waals surface area (Å²) in [6.07, 6.45) is -3.18. The lowest BCUT2D eigenvalue weighted by Crippen LogP contribution is -2.39. The quantitative estimate of drug-likeness (QED) is 0.115. The minimum Gasteiger partial charge on any atom is -0.478 e. The van der Waals surface area contributed by atoms with Crippen LogP contribution in [0.2, 0.25) is 0 Å². The summed E-state index contributed by atoms with van der Waals surface area (Å²) in [5.41, 5.74) is -2.39. The van der Waals surface area contributed by atoms with E-state index in [0.717, 1.165) is 12.8 Å².